The number of esters is 1. The lowest BCUT2D eigenvalue weighted by atomic mass is 10.1. The fraction of sp³-hybridized carbons (Fsp3) is 0.150. The molecule has 144 valence electrons. The van der Waals surface area contributed by atoms with Crippen molar-refractivity contribution in [3.8, 4) is 17.0 Å². The molecule has 28 heavy (non-hydrogen) atoms. The highest BCUT2D eigenvalue weighted by Gasteiger charge is 2.28. The molecule has 0 unspecified atom stereocenters. The van der Waals surface area contributed by atoms with Gasteiger partial charge in [0.15, 0.2) is 5.82 Å². The van der Waals surface area contributed by atoms with Gasteiger partial charge in [0, 0.05) is 15.6 Å². The summed E-state index contributed by atoms with van der Waals surface area (Å²) >= 11 is 3.34. The van der Waals surface area contributed by atoms with E-state index < -0.39 is 11.9 Å². The van der Waals surface area contributed by atoms with Crippen LogP contribution in [0.4, 0.5) is 5.82 Å². The van der Waals surface area contributed by atoms with Gasteiger partial charge in [-0.1, -0.05) is 15.9 Å². The first-order valence-corrected chi connectivity index (χ1v) is 9.25. The van der Waals surface area contributed by atoms with Crippen LogP contribution in [0.1, 0.15) is 27.6 Å². The molecule has 0 fully saturated rings. The average Bonchev–Trinajstić information content (AvgIpc) is 3.05. The first kappa shape index (κ1) is 19.6. The van der Waals surface area contributed by atoms with Crippen molar-refractivity contribution in [2.45, 2.75) is 6.92 Å². The minimum absolute atomic E-state index is 0.0532. The summed E-state index contributed by atoms with van der Waals surface area (Å²) in [7, 11) is 1.55. The fourth-order valence-electron chi connectivity index (χ4n) is 2.72. The summed E-state index contributed by atoms with van der Waals surface area (Å²) in [5.41, 5.74) is 7.29. The molecule has 0 aliphatic rings. The van der Waals surface area contributed by atoms with Crippen molar-refractivity contribution in [2.24, 2.45) is 0 Å². The molecule has 7 nitrogen and oxygen atoms in total. The molecule has 8 heteroatoms. The molecule has 1 aromatic heterocycles. The highest BCUT2D eigenvalue weighted by Crippen LogP contribution is 2.31. The van der Waals surface area contributed by atoms with Crippen molar-refractivity contribution in [3.05, 3.63) is 64.1 Å². The van der Waals surface area contributed by atoms with Gasteiger partial charge in [-0.05, 0) is 55.5 Å². The first-order chi connectivity index (χ1) is 13.5. The van der Waals surface area contributed by atoms with E-state index in [2.05, 4.69) is 21.0 Å². The van der Waals surface area contributed by atoms with E-state index in [9.17, 15) is 9.59 Å². The Morgan fingerprint density at radius 1 is 1.11 bits per heavy atom. The van der Waals surface area contributed by atoms with Crippen LogP contribution in [0, 0.1) is 0 Å². The van der Waals surface area contributed by atoms with E-state index in [1.54, 1.807) is 62.6 Å². The molecule has 0 bridgehead atoms. The number of methoxy groups -OCH3 is 1. The van der Waals surface area contributed by atoms with Crippen LogP contribution in [0.3, 0.4) is 0 Å². The summed E-state index contributed by atoms with van der Waals surface area (Å²) in [4.78, 5) is 25.6. The van der Waals surface area contributed by atoms with E-state index in [0.717, 1.165) is 9.15 Å². The third kappa shape index (κ3) is 3.77. The van der Waals surface area contributed by atoms with Crippen molar-refractivity contribution >= 4 is 33.6 Å². The number of nitrogen functional groups attached to an aromatic ring is 1. The fourth-order valence-corrected chi connectivity index (χ4v) is 2.98. The first-order valence-electron chi connectivity index (χ1n) is 8.46. The van der Waals surface area contributed by atoms with E-state index in [-0.39, 0.29) is 23.7 Å². The zero-order chi connectivity index (χ0) is 20.3. The maximum atomic E-state index is 13.1. The third-order valence-electron chi connectivity index (χ3n) is 4.04. The Balaban J connectivity index is 2.18. The number of nitrogens with zero attached hydrogens (tertiary/aromatic N) is 2. The van der Waals surface area contributed by atoms with Gasteiger partial charge in [-0.25, -0.2) is 4.79 Å². The molecule has 0 atom stereocenters. The lowest BCUT2D eigenvalue weighted by Crippen LogP contribution is -2.16. The highest BCUT2D eigenvalue weighted by atomic mass is 79.9. The average molecular weight is 444 g/mol. The van der Waals surface area contributed by atoms with Crippen LogP contribution in [-0.4, -0.2) is 35.4 Å². The van der Waals surface area contributed by atoms with Crippen LogP contribution in [0.2, 0.25) is 0 Å². The van der Waals surface area contributed by atoms with Crippen LogP contribution in [0.25, 0.3) is 11.3 Å². The van der Waals surface area contributed by atoms with E-state index in [4.69, 9.17) is 15.2 Å². The molecule has 0 aliphatic carbocycles. The Morgan fingerprint density at radius 2 is 1.75 bits per heavy atom. The zero-order valence-corrected chi connectivity index (χ0v) is 16.9. The molecule has 1 heterocycles. The number of hydrogen-bond acceptors (Lipinski definition) is 6. The quantitative estimate of drug-likeness (QED) is 0.602. The molecule has 0 saturated heterocycles. The summed E-state index contributed by atoms with van der Waals surface area (Å²) in [5, 5.41) is 4.13. The smallest absolute Gasteiger partial charge is 0.344 e. The van der Waals surface area contributed by atoms with Crippen LogP contribution in [0.5, 0.6) is 5.75 Å². The minimum Gasteiger partial charge on any atom is -0.497 e. The number of ether oxygens (including phenoxy) is 2. The summed E-state index contributed by atoms with van der Waals surface area (Å²) in [6.07, 6.45) is 0. The standard InChI is InChI=1S/C20H18BrN3O4/c1-3-28-20(26)16-17(12-6-10-15(27-2)11-7-12)24(23-18(16)22)19(25)13-4-8-14(21)9-5-13/h4-11H,3H2,1-2H3,(H2,22,23). The van der Waals surface area contributed by atoms with E-state index in [1.165, 1.54) is 0 Å². The van der Waals surface area contributed by atoms with Gasteiger partial charge in [0.1, 0.15) is 11.3 Å². The summed E-state index contributed by atoms with van der Waals surface area (Å²) in [6, 6.07) is 13.7. The largest absolute Gasteiger partial charge is 0.497 e. The summed E-state index contributed by atoms with van der Waals surface area (Å²) in [5.74, 6) is -0.490. The van der Waals surface area contributed by atoms with Gasteiger partial charge < -0.3 is 15.2 Å². The molecule has 0 amide bonds. The number of carbonyl (C=O) groups excluding carboxylic acids is 2. The number of rotatable bonds is 5. The van der Waals surface area contributed by atoms with Crippen LogP contribution >= 0.6 is 15.9 Å². The normalized spacial score (nSPS) is 10.5. The molecule has 3 rings (SSSR count). The molecule has 0 saturated carbocycles. The molecule has 3 aromatic rings. The van der Waals surface area contributed by atoms with Crippen molar-refractivity contribution < 1.29 is 19.1 Å². The molecule has 2 aromatic carbocycles. The van der Waals surface area contributed by atoms with Crippen LogP contribution in [0.15, 0.2) is 53.0 Å². The van der Waals surface area contributed by atoms with Gasteiger partial charge in [-0.3, -0.25) is 4.79 Å². The minimum atomic E-state index is -0.638. The van der Waals surface area contributed by atoms with Crippen LogP contribution in [-0.2, 0) is 4.74 Å². The summed E-state index contributed by atoms with van der Waals surface area (Å²) < 4.78 is 12.3. The topological polar surface area (TPSA) is 96.4 Å². The Hall–Kier alpha value is -3.13. The monoisotopic (exact) mass is 443 g/mol. The number of hydrogen-bond donors (Lipinski definition) is 1. The van der Waals surface area contributed by atoms with Gasteiger partial charge in [0.25, 0.3) is 5.91 Å². The van der Waals surface area contributed by atoms with E-state index in [0.29, 0.717) is 16.9 Å². The predicted octanol–water partition coefficient (Wildman–Crippen LogP) is 3.77. The molecule has 0 aliphatic heterocycles. The highest BCUT2D eigenvalue weighted by molar-refractivity contribution is 9.10. The van der Waals surface area contributed by atoms with Gasteiger partial charge in [-0.2, -0.15) is 4.68 Å². The third-order valence-corrected chi connectivity index (χ3v) is 4.57. The zero-order valence-electron chi connectivity index (χ0n) is 15.3. The summed E-state index contributed by atoms with van der Waals surface area (Å²) in [6.45, 7) is 1.87. The lowest BCUT2D eigenvalue weighted by Gasteiger charge is -2.10. The SMILES string of the molecule is CCOC(=O)c1c(N)nn(C(=O)c2ccc(Br)cc2)c1-c1ccc(OC)cc1. The van der Waals surface area contributed by atoms with E-state index in [1.807, 2.05) is 0 Å². The lowest BCUT2D eigenvalue weighted by molar-refractivity contribution is 0.0528. The molecule has 0 radical (unpaired) electrons. The van der Waals surface area contributed by atoms with Gasteiger partial charge >= 0.3 is 5.97 Å². The Labute approximate surface area is 170 Å². The number of aromatic nitrogens is 2. The maximum Gasteiger partial charge on any atom is 0.344 e. The second-order valence-corrected chi connectivity index (χ2v) is 6.70. The van der Waals surface area contributed by atoms with Crippen molar-refractivity contribution in [2.75, 3.05) is 19.5 Å². The molecule has 0 spiro atoms. The number of halogens is 1. The number of carbonyl (C=O) groups is 2. The number of anilines is 1. The van der Waals surface area contributed by atoms with Gasteiger partial charge in [-0.15, -0.1) is 5.10 Å². The van der Waals surface area contributed by atoms with Crippen molar-refractivity contribution in [3.63, 3.8) is 0 Å². The second kappa shape index (κ2) is 8.26. The predicted molar refractivity (Wildman–Crippen MR) is 108 cm³/mol. The van der Waals surface area contributed by atoms with Crippen molar-refractivity contribution in [1.82, 2.24) is 9.78 Å². The van der Waals surface area contributed by atoms with Crippen molar-refractivity contribution in [1.29, 1.82) is 0 Å². The van der Waals surface area contributed by atoms with Crippen LogP contribution < -0.4 is 10.5 Å². The second-order valence-electron chi connectivity index (χ2n) is 5.78. The Kier molecular flexibility index (Phi) is 5.79. The Bertz CT molecular complexity index is 1010. The molecular weight excluding hydrogens is 426 g/mol. The number of benzene rings is 2. The maximum absolute atomic E-state index is 13.1. The van der Waals surface area contributed by atoms with Gasteiger partial charge in [0.2, 0.25) is 0 Å². The molecular formula is C20H18BrN3O4. The van der Waals surface area contributed by atoms with E-state index >= 15 is 0 Å². The molecule has 2 N–H and O–H groups in total. The number of nitrogens with two attached hydrogens (primary N) is 1. The Morgan fingerprint density at radius 3 is 2.32 bits per heavy atom. The van der Waals surface area contributed by atoms with Gasteiger partial charge in [0.05, 0.1) is 19.4 Å².